The number of nitrogens with zero attached hydrogens (tertiary/aromatic N) is 2. The number of benzene rings is 1. The summed E-state index contributed by atoms with van der Waals surface area (Å²) >= 11 is 1.64. The summed E-state index contributed by atoms with van der Waals surface area (Å²) in [5.41, 5.74) is 9.14. The van der Waals surface area contributed by atoms with Crippen molar-refractivity contribution in [3.8, 4) is 0 Å². The van der Waals surface area contributed by atoms with E-state index in [-0.39, 0.29) is 0 Å². The molecule has 0 aliphatic rings. The predicted molar refractivity (Wildman–Crippen MR) is 84.6 cm³/mol. The van der Waals surface area contributed by atoms with Crippen LogP contribution < -0.4 is 10.6 Å². The van der Waals surface area contributed by atoms with Gasteiger partial charge in [0.1, 0.15) is 0 Å². The van der Waals surface area contributed by atoms with Crippen molar-refractivity contribution in [1.29, 1.82) is 0 Å². The first-order valence-corrected chi connectivity index (χ1v) is 7.53. The van der Waals surface area contributed by atoms with Crippen molar-refractivity contribution in [2.75, 3.05) is 18.6 Å². The first kappa shape index (κ1) is 15.0. The molecule has 0 aliphatic heterocycles. The van der Waals surface area contributed by atoms with Crippen LogP contribution >= 0.6 is 11.3 Å². The van der Waals surface area contributed by atoms with Crippen LogP contribution in [-0.4, -0.2) is 18.6 Å². The Hall–Kier alpha value is -1.43. The summed E-state index contributed by atoms with van der Waals surface area (Å²) in [7, 11) is 1.68. The number of ether oxygens (including phenoxy) is 1. The molecule has 0 atom stereocenters. The summed E-state index contributed by atoms with van der Waals surface area (Å²) in [4.78, 5) is 7.97. The largest absolute Gasteiger partial charge is 0.378 e. The molecule has 108 valence electrons. The highest BCUT2D eigenvalue weighted by molar-refractivity contribution is 7.15. The smallest absolute Gasteiger partial charge is 0.190 e. The maximum absolute atomic E-state index is 5.79. The van der Waals surface area contributed by atoms with Gasteiger partial charge in [-0.2, -0.15) is 0 Å². The minimum Gasteiger partial charge on any atom is -0.378 e. The van der Waals surface area contributed by atoms with Gasteiger partial charge >= 0.3 is 0 Å². The lowest BCUT2D eigenvalue weighted by atomic mass is 10.2. The summed E-state index contributed by atoms with van der Waals surface area (Å²) in [6.07, 6.45) is 0. The second-order valence-electron chi connectivity index (χ2n) is 4.58. The summed E-state index contributed by atoms with van der Waals surface area (Å²) in [5, 5.41) is 0.976. The van der Waals surface area contributed by atoms with Crippen molar-refractivity contribution >= 4 is 22.2 Å². The second kappa shape index (κ2) is 6.83. The molecular formula is C15H21N3OS. The van der Waals surface area contributed by atoms with Crippen molar-refractivity contribution in [2.45, 2.75) is 27.0 Å². The Kier molecular flexibility index (Phi) is 5.11. The van der Waals surface area contributed by atoms with Crippen LogP contribution in [0.25, 0.3) is 0 Å². The third-order valence-electron chi connectivity index (χ3n) is 3.13. The molecule has 1 aromatic carbocycles. The highest BCUT2D eigenvalue weighted by Crippen LogP contribution is 2.31. The van der Waals surface area contributed by atoms with Gasteiger partial charge in [-0.05, 0) is 26.0 Å². The normalized spacial score (nSPS) is 10.8. The van der Waals surface area contributed by atoms with E-state index in [0.29, 0.717) is 13.2 Å². The Balaban J connectivity index is 2.33. The van der Waals surface area contributed by atoms with E-state index in [1.54, 1.807) is 18.4 Å². The number of aryl methyl sites for hydroxylation is 1. The van der Waals surface area contributed by atoms with Crippen molar-refractivity contribution in [3.63, 3.8) is 0 Å². The highest BCUT2D eigenvalue weighted by atomic mass is 32.1. The van der Waals surface area contributed by atoms with Gasteiger partial charge in [0, 0.05) is 30.8 Å². The van der Waals surface area contributed by atoms with Crippen LogP contribution in [0.3, 0.4) is 0 Å². The molecule has 5 heteroatoms. The van der Waals surface area contributed by atoms with E-state index in [4.69, 9.17) is 10.5 Å². The number of thiazole rings is 1. The molecule has 0 amide bonds. The summed E-state index contributed by atoms with van der Waals surface area (Å²) in [6, 6.07) is 8.48. The van der Waals surface area contributed by atoms with Crippen molar-refractivity contribution in [1.82, 2.24) is 4.98 Å². The Labute approximate surface area is 124 Å². The van der Waals surface area contributed by atoms with Crippen LogP contribution in [0.2, 0.25) is 0 Å². The van der Waals surface area contributed by atoms with E-state index in [1.165, 1.54) is 5.56 Å². The fourth-order valence-electron chi connectivity index (χ4n) is 2.05. The molecule has 1 aromatic heterocycles. The van der Waals surface area contributed by atoms with Crippen LogP contribution in [0.1, 0.15) is 23.1 Å². The molecule has 0 saturated carbocycles. The molecule has 0 radical (unpaired) electrons. The fraction of sp³-hybridized carbons (Fsp3) is 0.400. The van der Waals surface area contributed by atoms with Gasteiger partial charge in [0.05, 0.1) is 12.3 Å². The Morgan fingerprint density at radius 1 is 1.30 bits per heavy atom. The molecule has 4 nitrogen and oxygen atoms in total. The molecule has 0 bridgehead atoms. The van der Waals surface area contributed by atoms with Crippen LogP contribution in [-0.2, 0) is 17.9 Å². The standard InChI is InChI=1S/C15H21N3OS/c1-4-18(12-7-5-11(2)6-8-12)15-17-13(10-19-3)14(9-16)20-15/h5-8H,4,9-10,16H2,1-3H3. The minimum atomic E-state index is 0.502. The molecule has 0 fully saturated rings. The fourth-order valence-corrected chi connectivity index (χ4v) is 3.07. The average molecular weight is 291 g/mol. The van der Waals surface area contributed by atoms with Crippen molar-refractivity contribution < 1.29 is 4.74 Å². The molecule has 2 aromatic rings. The topological polar surface area (TPSA) is 51.4 Å². The van der Waals surface area contributed by atoms with Gasteiger partial charge in [0.2, 0.25) is 0 Å². The molecule has 0 unspecified atom stereocenters. The quantitative estimate of drug-likeness (QED) is 0.888. The maximum Gasteiger partial charge on any atom is 0.190 e. The van der Waals surface area contributed by atoms with Gasteiger partial charge in [0.15, 0.2) is 5.13 Å². The van der Waals surface area contributed by atoms with Gasteiger partial charge in [-0.15, -0.1) is 0 Å². The van der Waals surface area contributed by atoms with Gasteiger partial charge in [-0.25, -0.2) is 4.98 Å². The third-order valence-corrected chi connectivity index (χ3v) is 4.27. The molecule has 0 saturated heterocycles. The Morgan fingerprint density at radius 2 is 2.00 bits per heavy atom. The monoisotopic (exact) mass is 291 g/mol. The van der Waals surface area contributed by atoms with E-state index in [1.807, 2.05) is 0 Å². The molecule has 2 N–H and O–H groups in total. The first-order chi connectivity index (χ1) is 9.69. The van der Waals surface area contributed by atoms with E-state index >= 15 is 0 Å². The number of methoxy groups -OCH3 is 1. The lowest BCUT2D eigenvalue weighted by Crippen LogP contribution is -2.15. The second-order valence-corrected chi connectivity index (χ2v) is 5.65. The van der Waals surface area contributed by atoms with Crippen molar-refractivity contribution in [2.24, 2.45) is 5.73 Å². The zero-order valence-corrected chi connectivity index (χ0v) is 13.0. The van der Waals surface area contributed by atoms with Crippen LogP contribution in [0.15, 0.2) is 24.3 Å². The molecule has 2 rings (SSSR count). The summed E-state index contributed by atoms with van der Waals surface area (Å²) in [6.45, 7) is 6.09. The summed E-state index contributed by atoms with van der Waals surface area (Å²) in [5.74, 6) is 0. The van der Waals surface area contributed by atoms with Gasteiger partial charge < -0.3 is 15.4 Å². The van der Waals surface area contributed by atoms with E-state index in [0.717, 1.165) is 27.9 Å². The van der Waals surface area contributed by atoms with Gasteiger partial charge in [0.25, 0.3) is 0 Å². The maximum atomic E-state index is 5.79. The first-order valence-electron chi connectivity index (χ1n) is 6.71. The molecule has 1 heterocycles. The number of nitrogens with two attached hydrogens (primary N) is 1. The van der Waals surface area contributed by atoms with E-state index in [9.17, 15) is 0 Å². The van der Waals surface area contributed by atoms with Gasteiger partial charge in [-0.1, -0.05) is 29.0 Å². The third kappa shape index (κ3) is 3.17. The molecule has 20 heavy (non-hydrogen) atoms. The molecule has 0 aliphatic carbocycles. The average Bonchev–Trinajstić information content (AvgIpc) is 2.85. The van der Waals surface area contributed by atoms with Crippen LogP contribution in [0.4, 0.5) is 10.8 Å². The van der Waals surface area contributed by atoms with Crippen LogP contribution in [0, 0.1) is 6.92 Å². The predicted octanol–water partition coefficient (Wildman–Crippen LogP) is 3.21. The molecular weight excluding hydrogens is 270 g/mol. The number of anilines is 2. The van der Waals surface area contributed by atoms with Crippen LogP contribution in [0.5, 0.6) is 0 Å². The Bertz CT molecular complexity index is 551. The number of aromatic nitrogens is 1. The number of hydrogen-bond acceptors (Lipinski definition) is 5. The highest BCUT2D eigenvalue weighted by Gasteiger charge is 2.15. The molecule has 0 spiro atoms. The number of rotatable bonds is 6. The minimum absolute atomic E-state index is 0.502. The lowest BCUT2D eigenvalue weighted by molar-refractivity contribution is 0.181. The SMILES string of the molecule is CCN(c1ccc(C)cc1)c1nc(COC)c(CN)s1. The number of hydrogen-bond donors (Lipinski definition) is 1. The van der Waals surface area contributed by atoms with Gasteiger partial charge in [-0.3, -0.25) is 0 Å². The summed E-state index contributed by atoms with van der Waals surface area (Å²) < 4.78 is 5.19. The van der Waals surface area contributed by atoms with E-state index in [2.05, 4.69) is 48.0 Å². The lowest BCUT2D eigenvalue weighted by Gasteiger charge is -2.20. The van der Waals surface area contributed by atoms with Crippen molar-refractivity contribution in [3.05, 3.63) is 40.4 Å². The zero-order chi connectivity index (χ0) is 14.5. The zero-order valence-electron chi connectivity index (χ0n) is 12.2. The Morgan fingerprint density at radius 3 is 2.55 bits per heavy atom. The van der Waals surface area contributed by atoms with E-state index < -0.39 is 0 Å².